The largest absolute Gasteiger partial charge is 0.370 e. The summed E-state index contributed by atoms with van der Waals surface area (Å²) < 4.78 is 0. The third-order valence-electron chi connectivity index (χ3n) is 2.03. The smallest absolute Gasteiger partial charge is 0.326 e. The van der Waals surface area contributed by atoms with Crippen LogP contribution in [0.3, 0.4) is 0 Å². The number of nitrogens with one attached hydrogen (secondary N) is 2. The van der Waals surface area contributed by atoms with Crippen LogP contribution in [0.15, 0.2) is 23.2 Å². The molecule has 1 aromatic rings. The fraction of sp³-hybridized carbons (Fsp3) is 0.273. The molecule has 0 aliphatic carbocycles. The van der Waals surface area contributed by atoms with Gasteiger partial charge in [0.05, 0.1) is 10.7 Å². The fourth-order valence-electron chi connectivity index (χ4n) is 1.26. The van der Waals surface area contributed by atoms with Crippen molar-refractivity contribution in [2.75, 3.05) is 11.9 Å². The third-order valence-corrected chi connectivity index (χ3v) is 2.35. The summed E-state index contributed by atoms with van der Waals surface area (Å²) in [6.07, 6.45) is 0. The fourth-order valence-corrected chi connectivity index (χ4v) is 1.53. The Kier molecular flexibility index (Phi) is 7.16. The summed E-state index contributed by atoms with van der Waals surface area (Å²) in [4.78, 5) is 15.4. The van der Waals surface area contributed by atoms with Gasteiger partial charge in [0.2, 0.25) is 0 Å². The van der Waals surface area contributed by atoms with E-state index in [0.29, 0.717) is 17.3 Å². The summed E-state index contributed by atoms with van der Waals surface area (Å²) >= 11 is 5.97. The molecule has 0 saturated carbocycles. The van der Waals surface area contributed by atoms with E-state index in [2.05, 4.69) is 15.6 Å². The van der Waals surface area contributed by atoms with Crippen LogP contribution in [0.25, 0.3) is 0 Å². The van der Waals surface area contributed by atoms with Crippen molar-refractivity contribution in [2.24, 2.45) is 10.7 Å². The van der Waals surface area contributed by atoms with Crippen LogP contribution in [0.5, 0.6) is 0 Å². The van der Waals surface area contributed by atoms with Gasteiger partial charge in [0.25, 0.3) is 0 Å². The SMILES string of the molecule is CCN=C(N)NC(=O)Nc1c(C)cccc1Cl.Cl. The lowest BCUT2D eigenvalue weighted by Gasteiger charge is -2.10. The van der Waals surface area contributed by atoms with Crippen LogP contribution < -0.4 is 16.4 Å². The molecule has 0 bridgehead atoms. The van der Waals surface area contributed by atoms with Crippen LogP contribution in [-0.2, 0) is 0 Å². The molecule has 4 N–H and O–H groups in total. The molecule has 0 aliphatic rings. The molecule has 0 unspecified atom stereocenters. The number of urea groups is 1. The van der Waals surface area contributed by atoms with Crippen molar-refractivity contribution < 1.29 is 4.79 Å². The Morgan fingerprint density at radius 2 is 2.17 bits per heavy atom. The Hall–Kier alpha value is -1.46. The molecular formula is C11H16Cl2N4O. The lowest BCUT2D eigenvalue weighted by atomic mass is 10.2. The number of halogens is 2. The highest BCUT2D eigenvalue weighted by atomic mass is 35.5. The molecule has 18 heavy (non-hydrogen) atoms. The predicted molar refractivity (Wildman–Crippen MR) is 77.8 cm³/mol. The molecule has 0 aromatic heterocycles. The average Bonchev–Trinajstić information content (AvgIpc) is 2.24. The number of guanidine groups is 1. The van der Waals surface area contributed by atoms with Crippen LogP contribution in [0.4, 0.5) is 10.5 Å². The maximum absolute atomic E-state index is 11.6. The van der Waals surface area contributed by atoms with Crippen LogP contribution in [0.2, 0.25) is 5.02 Å². The summed E-state index contributed by atoms with van der Waals surface area (Å²) in [5, 5.41) is 5.51. The van der Waals surface area contributed by atoms with Crippen molar-refractivity contribution in [1.29, 1.82) is 0 Å². The second-order valence-electron chi connectivity index (χ2n) is 3.37. The van der Waals surface area contributed by atoms with Gasteiger partial charge in [-0.1, -0.05) is 23.7 Å². The highest BCUT2D eigenvalue weighted by Gasteiger charge is 2.08. The van der Waals surface area contributed by atoms with E-state index in [4.69, 9.17) is 17.3 Å². The average molecular weight is 291 g/mol. The zero-order chi connectivity index (χ0) is 12.8. The van der Waals surface area contributed by atoms with E-state index in [-0.39, 0.29) is 18.4 Å². The van der Waals surface area contributed by atoms with Crippen LogP contribution >= 0.6 is 24.0 Å². The van der Waals surface area contributed by atoms with Crippen molar-refractivity contribution in [1.82, 2.24) is 5.32 Å². The Morgan fingerprint density at radius 1 is 1.50 bits per heavy atom. The minimum absolute atomic E-state index is 0. The maximum atomic E-state index is 11.6. The normalized spacial score (nSPS) is 10.5. The topological polar surface area (TPSA) is 79.5 Å². The first-order valence-electron chi connectivity index (χ1n) is 5.17. The van der Waals surface area contributed by atoms with Crippen LogP contribution in [0.1, 0.15) is 12.5 Å². The molecule has 0 saturated heterocycles. The number of benzene rings is 1. The number of hydrogen-bond donors (Lipinski definition) is 3. The standard InChI is InChI=1S/C11H15ClN4O.ClH/c1-3-14-10(13)16-11(17)15-9-7(2)5-4-6-8(9)12;/h4-6H,3H2,1-2H3,(H4,13,14,15,16,17);1H. The number of anilines is 1. The number of aryl methyl sites for hydroxylation is 1. The summed E-state index contributed by atoms with van der Waals surface area (Å²) in [7, 11) is 0. The van der Waals surface area contributed by atoms with Gasteiger partial charge >= 0.3 is 6.03 Å². The Morgan fingerprint density at radius 3 is 2.72 bits per heavy atom. The number of aliphatic imine (C=N–C) groups is 1. The Bertz CT molecular complexity index is 428. The molecule has 0 fully saturated rings. The van der Waals surface area contributed by atoms with E-state index < -0.39 is 6.03 Å². The minimum Gasteiger partial charge on any atom is -0.370 e. The van der Waals surface area contributed by atoms with E-state index in [0.717, 1.165) is 5.56 Å². The lowest BCUT2D eigenvalue weighted by Crippen LogP contribution is -2.39. The summed E-state index contributed by atoms with van der Waals surface area (Å²) in [6.45, 7) is 4.19. The van der Waals surface area contributed by atoms with Crippen molar-refractivity contribution in [2.45, 2.75) is 13.8 Å². The number of para-hydroxylation sites is 1. The number of rotatable bonds is 2. The number of nitrogens with two attached hydrogens (primary N) is 1. The van der Waals surface area contributed by atoms with Crippen molar-refractivity contribution in [3.05, 3.63) is 28.8 Å². The van der Waals surface area contributed by atoms with E-state index in [9.17, 15) is 4.79 Å². The van der Waals surface area contributed by atoms with Gasteiger partial charge in [0.15, 0.2) is 5.96 Å². The molecule has 5 nitrogen and oxygen atoms in total. The van der Waals surface area contributed by atoms with Crippen LogP contribution in [0, 0.1) is 6.92 Å². The third kappa shape index (κ3) is 4.81. The molecule has 7 heteroatoms. The monoisotopic (exact) mass is 290 g/mol. The van der Waals surface area contributed by atoms with E-state index in [1.54, 1.807) is 6.07 Å². The number of amides is 2. The van der Waals surface area contributed by atoms with E-state index in [1.165, 1.54) is 0 Å². The van der Waals surface area contributed by atoms with E-state index in [1.807, 2.05) is 26.0 Å². The first-order valence-corrected chi connectivity index (χ1v) is 5.55. The second-order valence-corrected chi connectivity index (χ2v) is 3.78. The quantitative estimate of drug-likeness (QED) is 0.578. The van der Waals surface area contributed by atoms with Crippen molar-refractivity contribution >= 4 is 41.7 Å². The Labute approximate surface area is 117 Å². The molecule has 1 rings (SSSR count). The number of hydrogen-bond acceptors (Lipinski definition) is 2. The highest BCUT2D eigenvalue weighted by Crippen LogP contribution is 2.24. The first kappa shape index (κ1) is 16.5. The molecule has 0 aliphatic heterocycles. The summed E-state index contributed by atoms with van der Waals surface area (Å²) in [5.41, 5.74) is 6.90. The molecule has 0 radical (unpaired) electrons. The Balaban J connectivity index is 0.00000289. The predicted octanol–water partition coefficient (Wildman–Crippen LogP) is 2.53. The summed E-state index contributed by atoms with van der Waals surface area (Å²) in [5.74, 6) is 0.0784. The summed E-state index contributed by atoms with van der Waals surface area (Å²) in [6, 6.07) is 4.91. The van der Waals surface area contributed by atoms with Crippen molar-refractivity contribution in [3.8, 4) is 0 Å². The molecule has 1 aromatic carbocycles. The van der Waals surface area contributed by atoms with Gasteiger partial charge in [0, 0.05) is 6.54 Å². The number of carbonyl (C=O) groups is 1. The van der Waals surface area contributed by atoms with Crippen molar-refractivity contribution in [3.63, 3.8) is 0 Å². The van der Waals surface area contributed by atoms with Gasteiger partial charge in [-0.2, -0.15) is 0 Å². The molecule has 0 heterocycles. The minimum atomic E-state index is -0.462. The van der Waals surface area contributed by atoms with Gasteiger partial charge in [0.1, 0.15) is 0 Å². The maximum Gasteiger partial charge on any atom is 0.326 e. The van der Waals surface area contributed by atoms with E-state index >= 15 is 0 Å². The van der Waals surface area contributed by atoms with Gasteiger partial charge in [-0.05, 0) is 25.5 Å². The second kappa shape index (κ2) is 7.79. The molecule has 100 valence electrons. The van der Waals surface area contributed by atoms with Gasteiger partial charge in [-0.3, -0.25) is 10.3 Å². The number of nitrogens with zero attached hydrogens (tertiary/aromatic N) is 1. The van der Waals surface area contributed by atoms with Gasteiger partial charge in [-0.25, -0.2) is 4.79 Å². The molecule has 0 atom stereocenters. The van der Waals surface area contributed by atoms with Crippen LogP contribution in [-0.4, -0.2) is 18.5 Å². The molecular weight excluding hydrogens is 275 g/mol. The zero-order valence-corrected chi connectivity index (χ0v) is 11.7. The first-order chi connectivity index (χ1) is 8.04. The zero-order valence-electron chi connectivity index (χ0n) is 10.2. The molecule has 2 amide bonds. The highest BCUT2D eigenvalue weighted by molar-refractivity contribution is 6.34. The lowest BCUT2D eigenvalue weighted by molar-refractivity contribution is 0.256. The van der Waals surface area contributed by atoms with Gasteiger partial charge in [-0.15, -0.1) is 12.4 Å². The molecule has 0 spiro atoms. The van der Waals surface area contributed by atoms with Gasteiger partial charge < -0.3 is 11.1 Å². The number of carbonyl (C=O) groups excluding carboxylic acids is 1.